The van der Waals surface area contributed by atoms with Crippen LogP contribution in [-0.2, 0) is 17.7 Å². The van der Waals surface area contributed by atoms with Gasteiger partial charge in [0.15, 0.2) is 0 Å². The molecule has 4 nitrogen and oxygen atoms in total. The third-order valence-electron chi connectivity index (χ3n) is 2.26. The van der Waals surface area contributed by atoms with Gasteiger partial charge in [-0.15, -0.1) is 0 Å². The molecule has 0 atom stereocenters. The van der Waals surface area contributed by atoms with Crippen LogP contribution in [0.25, 0.3) is 0 Å². The zero-order valence-electron chi connectivity index (χ0n) is 8.99. The average Bonchev–Trinajstić information content (AvgIpc) is 2.22. The van der Waals surface area contributed by atoms with Gasteiger partial charge in [-0.2, -0.15) is 5.26 Å². The maximum atomic E-state index is 11.8. The molecular weight excluding hydrogens is 192 g/mol. The SMILES string of the molecule is COCCn1c(C)ccc(CC#N)c1=O. The zero-order chi connectivity index (χ0) is 11.3. The first kappa shape index (κ1) is 11.5. The van der Waals surface area contributed by atoms with Crippen LogP contribution in [0.1, 0.15) is 11.3 Å². The van der Waals surface area contributed by atoms with Crippen LogP contribution in [0.15, 0.2) is 16.9 Å². The number of methoxy groups -OCH3 is 1. The van der Waals surface area contributed by atoms with Crippen LogP contribution >= 0.6 is 0 Å². The van der Waals surface area contributed by atoms with Gasteiger partial charge in [-0.25, -0.2) is 0 Å². The lowest BCUT2D eigenvalue weighted by atomic mass is 10.2. The molecule has 1 aromatic heterocycles. The van der Waals surface area contributed by atoms with Crippen LogP contribution in [0.4, 0.5) is 0 Å². The molecule has 0 aliphatic carbocycles. The number of rotatable bonds is 4. The molecule has 1 heterocycles. The Morgan fingerprint density at radius 2 is 2.27 bits per heavy atom. The van der Waals surface area contributed by atoms with E-state index in [9.17, 15) is 4.79 Å². The van der Waals surface area contributed by atoms with Gasteiger partial charge in [-0.1, -0.05) is 6.07 Å². The standard InChI is InChI=1S/C11H14N2O2/c1-9-3-4-10(5-6-12)11(14)13(9)7-8-15-2/h3-4H,5,7-8H2,1-2H3. The molecule has 0 unspecified atom stereocenters. The molecule has 80 valence electrons. The molecule has 0 spiro atoms. The van der Waals surface area contributed by atoms with Gasteiger partial charge >= 0.3 is 0 Å². The van der Waals surface area contributed by atoms with Gasteiger partial charge in [0, 0.05) is 24.9 Å². The highest BCUT2D eigenvalue weighted by Gasteiger charge is 2.05. The molecule has 0 saturated heterocycles. The first-order valence-electron chi connectivity index (χ1n) is 4.76. The third kappa shape index (κ3) is 2.67. The molecule has 0 aromatic carbocycles. The lowest BCUT2D eigenvalue weighted by Gasteiger charge is -2.10. The van der Waals surface area contributed by atoms with Crippen LogP contribution in [0.2, 0.25) is 0 Å². The molecule has 0 N–H and O–H groups in total. The topological polar surface area (TPSA) is 55.0 Å². The summed E-state index contributed by atoms with van der Waals surface area (Å²) in [6.07, 6.45) is 0.159. The zero-order valence-corrected chi connectivity index (χ0v) is 8.99. The molecule has 0 aliphatic heterocycles. The maximum absolute atomic E-state index is 11.8. The smallest absolute Gasteiger partial charge is 0.255 e. The highest BCUT2D eigenvalue weighted by Crippen LogP contribution is 1.99. The molecule has 0 fully saturated rings. The van der Waals surface area contributed by atoms with Crippen molar-refractivity contribution in [3.63, 3.8) is 0 Å². The van der Waals surface area contributed by atoms with Gasteiger partial charge in [0.2, 0.25) is 0 Å². The van der Waals surface area contributed by atoms with E-state index in [0.717, 1.165) is 5.69 Å². The quantitative estimate of drug-likeness (QED) is 0.734. The molecule has 1 rings (SSSR count). The van der Waals surface area contributed by atoms with Crippen LogP contribution < -0.4 is 5.56 Å². The number of aryl methyl sites for hydroxylation is 1. The molecular formula is C11H14N2O2. The Morgan fingerprint density at radius 1 is 1.53 bits per heavy atom. The molecule has 0 bridgehead atoms. The first-order valence-corrected chi connectivity index (χ1v) is 4.76. The van der Waals surface area contributed by atoms with Crippen LogP contribution in [0, 0.1) is 18.3 Å². The van der Waals surface area contributed by atoms with Crippen molar-refractivity contribution < 1.29 is 4.74 Å². The summed E-state index contributed by atoms with van der Waals surface area (Å²) in [7, 11) is 1.60. The van der Waals surface area contributed by atoms with E-state index >= 15 is 0 Å². The van der Waals surface area contributed by atoms with Gasteiger partial charge in [0.1, 0.15) is 0 Å². The van der Waals surface area contributed by atoms with Crippen molar-refractivity contribution in [3.8, 4) is 6.07 Å². The summed E-state index contributed by atoms with van der Waals surface area (Å²) in [6.45, 7) is 2.89. The predicted molar refractivity (Wildman–Crippen MR) is 56.6 cm³/mol. The highest BCUT2D eigenvalue weighted by atomic mass is 16.5. The summed E-state index contributed by atoms with van der Waals surface area (Å²) < 4.78 is 6.57. The van der Waals surface area contributed by atoms with Gasteiger partial charge in [-0.05, 0) is 13.0 Å². The molecule has 1 aromatic rings. The van der Waals surface area contributed by atoms with E-state index in [-0.39, 0.29) is 12.0 Å². The number of hydrogen-bond donors (Lipinski definition) is 0. The van der Waals surface area contributed by atoms with E-state index < -0.39 is 0 Å². The lowest BCUT2D eigenvalue weighted by Crippen LogP contribution is -2.26. The fourth-order valence-electron chi connectivity index (χ4n) is 1.40. The second kappa shape index (κ2) is 5.32. The Hall–Kier alpha value is -1.60. The minimum atomic E-state index is -0.0893. The van der Waals surface area contributed by atoms with E-state index in [1.165, 1.54) is 0 Å². The third-order valence-corrected chi connectivity index (χ3v) is 2.26. The Balaban J connectivity index is 3.08. The molecule has 4 heteroatoms. The van der Waals surface area contributed by atoms with E-state index in [4.69, 9.17) is 10.00 Å². The lowest BCUT2D eigenvalue weighted by molar-refractivity contribution is 0.185. The fraction of sp³-hybridized carbons (Fsp3) is 0.455. The molecule has 0 saturated carbocycles. The largest absolute Gasteiger partial charge is 0.383 e. The van der Waals surface area contributed by atoms with E-state index in [1.807, 2.05) is 19.1 Å². The normalized spacial score (nSPS) is 9.93. The number of nitrogens with zero attached hydrogens (tertiary/aromatic N) is 2. The van der Waals surface area contributed by atoms with Gasteiger partial charge < -0.3 is 9.30 Å². The number of hydrogen-bond acceptors (Lipinski definition) is 3. The number of ether oxygens (including phenoxy) is 1. The van der Waals surface area contributed by atoms with Crippen molar-refractivity contribution >= 4 is 0 Å². The monoisotopic (exact) mass is 206 g/mol. The number of pyridine rings is 1. The van der Waals surface area contributed by atoms with Gasteiger partial charge in [0.05, 0.1) is 19.1 Å². The number of aromatic nitrogens is 1. The Kier molecular flexibility index (Phi) is 4.07. The van der Waals surface area contributed by atoms with Crippen LogP contribution in [0.5, 0.6) is 0 Å². The van der Waals surface area contributed by atoms with Gasteiger partial charge in [0.25, 0.3) is 5.56 Å². The molecule has 15 heavy (non-hydrogen) atoms. The average molecular weight is 206 g/mol. The summed E-state index contributed by atoms with van der Waals surface area (Å²) in [5.41, 5.74) is 1.34. The summed E-state index contributed by atoms with van der Waals surface area (Å²) in [5.74, 6) is 0. The van der Waals surface area contributed by atoms with E-state index in [2.05, 4.69) is 0 Å². The minimum Gasteiger partial charge on any atom is -0.383 e. The van der Waals surface area contributed by atoms with Crippen molar-refractivity contribution in [2.75, 3.05) is 13.7 Å². The maximum Gasteiger partial charge on any atom is 0.255 e. The number of nitriles is 1. The summed E-state index contributed by atoms with van der Waals surface area (Å²) in [5, 5.41) is 8.56. The van der Waals surface area contributed by atoms with E-state index in [1.54, 1.807) is 17.7 Å². The Labute approximate surface area is 88.7 Å². The summed E-state index contributed by atoms with van der Waals surface area (Å²) >= 11 is 0. The minimum absolute atomic E-state index is 0.0893. The van der Waals surface area contributed by atoms with Crippen LogP contribution in [0.3, 0.4) is 0 Å². The van der Waals surface area contributed by atoms with E-state index in [0.29, 0.717) is 18.7 Å². The predicted octanol–water partition coefficient (Wildman–Crippen LogP) is 0.869. The molecule has 0 aliphatic rings. The summed E-state index contributed by atoms with van der Waals surface area (Å²) in [4.78, 5) is 11.8. The van der Waals surface area contributed by atoms with Crippen molar-refractivity contribution in [1.82, 2.24) is 4.57 Å². The summed E-state index contributed by atoms with van der Waals surface area (Å²) in [6, 6.07) is 5.55. The fourth-order valence-corrected chi connectivity index (χ4v) is 1.40. The molecule has 0 amide bonds. The van der Waals surface area contributed by atoms with Crippen molar-refractivity contribution in [2.45, 2.75) is 19.9 Å². The second-order valence-electron chi connectivity index (χ2n) is 3.28. The Bertz CT molecular complexity index is 429. The highest BCUT2D eigenvalue weighted by molar-refractivity contribution is 5.18. The van der Waals surface area contributed by atoms with Crippen molar-refractivity contribution in [2.24, 2.45) is 0 Å². The van der Waals surface area contributed by atoms with Crippen LogP contribution in [-0.4, -0.2) is 18.3 Å². The van der Waals surface area contributed by atoms with Crippen molar-refractivity contribution in [1.29, 1.82) is 5.26 Å². The second-order valence-corrected chi connectivity index (χ2v) is 3.28. The van der Waals surface area contributed by atoms with Crippen molar-refractivity contribution in [3.05, 3.63) is 33.7 Å². The van der Waals surface area contributed by atoms with Gasteiger partial charge in [-0.3, -0.25) is 4.79 Å². The first-order chi connectivity index (χ1) is 7.20. The Morgan fingerprint density at radius 3 is 2.87 bits per heavy atom. The molecule has 0 radical (unpaired) electrons.